The Hall–Kier alpha value is -1.68. The second-order valence-corrected chi connectivity index (χ2v) is 9.48. The standard InChI is InChI=1S/C18H18BrClF3N3O3/c1-17(2,3)29-16(27)26-8-4-9(26)7-25(6-8)15-24-13-12(18(21,22)23)11(20)5-10(19)14(13)28-15/h5,8-9H,4,6-7H2,1-3H3. The van der Waals surface area contributed by atoms with Crippen LogP contribution in [0.2, 0.25) is 5.02 Å². The number of hydrogen-bond acceptors (Lipinski definition) is 5. The van der Waals surface area contributed by atoms with Crippen molar-refractivity contribution in [1.29, 1.82) is 0 Å². The normalized spacial score (nSPS) is 22.1. The summed E-state index contributed by atoms with van der Waals surface area (Å²) in [5.41, 5.74) is -1.97. The van der Waals surface area contributed by atoms with Gasteiger partial charge in [-0.15, -0.1) is 0 Å². The van der Waals surface area contributed by atoms with E-state index in [9.17, 15) is 18.0 Å². The first-order chi connectivity index (χ1) is 13.3. The van der Waals surface area contributed by atoms with Crippen molar-refractivity contribution in [3.8, 4) is 0 Å². The van der Waals surface area contributed by atoms with Gasteiger partial charge in [0.1, 0.15) is 16.7 Å². The molecule has 11 heteroatoms. The quantitative estimate of drug-likeness (QED) is 0.525. The number of anilines is 1. The predicted molar refractivity (Wildman–Crippen MR) is 104 cm³/mol. The highest BCUT2D eigenvalue weighted by molar-refractivity contribution is 9.10. The van der Waals surface area contributed by atoms with E-state index in [-0.39, 0.29) is 35.3 Å². The molecule has 4 heterocycles. The molecule has 29 heavy (non-hydrogen) atoms. The number of carbonyl (C=O) groups excluding carboxylic acids is 1. The third kappa shape index (κ3) is 3.65. The molecule has 1 aromatic carbocycles. The van der Waals surface area contributed by atoms with Crippen LogP contribution in [0.15, 0.2) is 15.0 Å². The number of rotatable bonds is 1. The van der Waals surface area contributed by atoms with E-state index in [1.54, 1.807) is 30.6 Å². The van der Waals surface area contributed by atoms with Gasteiger partial charge < -0.3 is 14.1 Å². The van der Waals surface area contributed by atoms with E-state index in [1.807, 2.05) is 0 Å². The molecule has 0 spiro atoms. The molecule has 0 aliphatic carbocycles. The number of hydrogen-bond donors (Lipinski definition) is 0. The van der Waals surface area contributed by atoms with E-state index in [2.05, 4.69) is 20.9 Å². The second-order valence-electron chi connectivity index (χ2n) is 8.22. The van der Waals surface area contributed by atoms with Crippen LogP contribution >= 0.6 is 27.5 Å². The monoisotopic (exact) mass is 495 g/mol. The molecule has 5 rings (SSSR count). The molecule has 2 atom stereocenters. The van der Waals surface area contributed by atoms with Gasteiger partial charge in [0.05, 0.1) is 21.6 Å². The maximum absolute atomic E-state index is 13.5. The smallest absolute Gasteiger partial charge is 0.420 e. The molecule has 3 aliphatic heterocycles. The molecule has 0 N–H and O–H groups in total. The van der Waals surface area contributed by atoms with Crippen molar-refractivity contribution in [3.63, 3.8) is 0 Å². The Labute approximate surface area is 178 Å². The first-order valence-corrected chi connectivity index (χ1v) is 10.1. The Morgan fingerprint density at radius 2 is 1.93 bits per heavy atom. The molecule has 2 unspecified atom stereocenters. The van der Waals surface area contributed by atoms with Crippen molar-refractivity contribution in [2.75, 3.05) is 18.0 Å². The van der Waals surface area contributed by atoms with Crippen LogP contribution in [0.3, 0.4) is 0 Å². The van der Waals surface area contributed by atoms with Gasteiger partial charge in [0.15, 0.2) is 5.58 Å². The minimum Gasteiger partial charge on any atom is -0.444 e. The number of alkyl halides is 3. The van der Waals surface area contributed by atoms with Gasteiger partial charge in [-0.2, -0.15) is 18.2 Å². The molecular weight excluding hydrogens is 479 g/mol. The molecule has 2 aromatic rings. The van der Waals surface area contributed by atoms with E-state index < -0.39 is 22.4 Å². The van der Waals surface area contributed by atoms with Crippen molar-refractivity contribution in [3.05, 3.63) is 21.1 Å². The van der Waals surface area contributed by atoms with Crippen molar-refractivity contribution in [2.45, 2.75) is 51.1 Å². The summed E-state index contributed by atoms with van der Waals surface area (Å²) in [5.74, 6) is 0. The summed E-state index contributed by atoms with van der Waals surface area (Å²) >= 11 is 9.01. The van der Waals surface area contributed by atoms with Crippen molar-refractivity contribution in [2.24, 2.45) is 0 Å². The molecule has 1 amide bonds. The van der Waals surface area contributed by atoms with Gasteiger partial charge in [-0.1, -0.05) is 11.6 Å². The Balaban J connectivity index is 1.60. The summed E-state index contributed by atoms with van der Waals surface area (Å²) in [7, 11) is 0. The lowest BCUT2D eigenvalue weighted by molar-refractivity contribution is -0.136. The fourth-order valence-electron chi connectivity index (χ4n) is 3.79. The van der Waals surface area contributed by atoms with Gasteiger partial charge in [0.25, 0.3) is 6.01 Å². The Morgan fingerprint density at radius 3 is 2.48 bits per heavy atom. The average Bonchev–Trinajstić information content (AvgIpc) is 2.96. The summed E-state index contributed by atoms with van der Waals surface area (Å²) in [6.07, 6.45) is -4.24. The number of benzene rings is 1. The van der Waals surface area contributed by atoms with Gasteiger partial charge in [-0.3, -0.25) is 4.90 Å². The van der Waals surface area contributed by atoms with Crippen molar-refractivity contribution >= 4 is 50.7 Å². The van der Waals surface area contributed by atoms with Gasteiger partial charge in [0.2, 0.25) is 0 Å². The zero-order valence-corrected chi connectivity index (χ0v) is 18.2. The predicted octanol–water partition coefficient (Wildman–Crippen LogP) is 5.46. The third-order valence-electron chi connectivity index (χ3n) is 4.91. The Kier molecular flexibility index (Phi) is 4.73. The first kappa shape index (κ1) is 20.6. The highest BCUT2D eigenvalue weighted by Gasteiger charge is 2.50. The molecule has 0 saturated carbocycles. The summed E-state index contributed by atoms with van der Waals surface area (Å²) < 4.78 is 51.7. The zero-order chi connectivity index (χ0) is 21.3. The van der Waals surface area contributed by atoms with E-state index in [0.29, 0.717) is 17.6 Å². The van der Waals surface area contributed by atoms with Crippen molar-refractivity contribution in [1.82, 2.24) is 9.88 Å². The summed E-state index contributed by atoms with van der Waals surface area (Å²) in [6.45, 7) is 6.19. The molecule has 0 radical (unpaired) electrons. The second kappa shape index (κ2) is 6.66. The third-order valence-corrected chi connectivity index (χ3v) is 5.80. The van der Waals surface area contributed by atoms with Crippen LogP contribution in [0, 0.1) is 0 Å². The van der Waals surface area contributed by atoms with Gasteiger partial charge in [-0.25, -0.2) is 4.79 Å². The van der Waals surface area contributed by atoms with Crippen LogP contribution in [0.5, 0.6) is 0 Å². The first-order valence-electron chi connectivity index (χ1n) is 8.97. The van der Waals surface area contributed by atoms with Crippen LogP contribution in [0.4, 0.5) is 24.0 Å². The largest absolute Gasteiger partial charge is 0.444 e. The lowest BCUT2D eigenvalue weighted by Crippen LogP contribution is -2.70. The summed E-state index contributed by atoms with van der Waals surface area (Å²) in [5, 5.41) is -0.450. The number of aromatic nitrogens is 1. The Morgan fingerprint density at radius 1 is 1.31 bits per heavy atom. The van der Waals surface area contributed by atoms with Gasteiger partial charge in [0, 0.05) is 13.1 Å². The van der Waals surface area contributed by atoms with Crippen molar-refractivity contribution < 1.29 is 27.1 Å². The zero-order valence-electron chi connectivity index (χ0n) is 15.8. The maximum Gasteiger partial charge on any atom is 0.420 e. The summed E-state index contributed by atoms with van der Waals surface area (Å²) in [4.78, 5) is 19.9. The van der Waals surface area contributed by atoms with E-state index in [1.165, 1.54) is 0 Å². The van der Waals surface area contributed by atoms with Crippen LogP contribution in [-0.2, 0) is 10.9 Å². The van der Waals surface area contributed by atoms with Crippen LogP contribution in [0.1, 0.15) is 32.8 Å². The minimum atomic E-state index is -4.66. The molecule has 3 aliphatic rings. The lowest BCUT2D eigenvalue weighted by atomic mass is 9.88. The number of piperazine rings is 1. The summed E-state index contributed by atoms with van der Waals surface area (Å²) in [6, 6.07) is 1.02. The van der Waals surface area contributed by atoms with E-state index >= 15 is 0 Å². The molecule has 6 nitrogen and oxygen atoms in total. The number of piperidine rings is 1. The highest BCUT2D eigenvalue weighted by Crippen LogP contribution is 2.44. The molecule has 1 aromatic heterocycles. The fraction of sp³-hybridized carbons (Fsp3) is 0.556. The van der Waals surface area contributed by atoms with Crippen LogP contribution in [-0.4, -0.2) is 46.8 Å². The molecule has 158 valence electrons. The Bertz CT molecular complexity index is 977. The van der Waals surface area contributed by atoms with Gasteiger partial charge >= 0.3 is 12.3 Å². The number of fused-ring (bicyclic) bond motifs is 3. The van der Waals surface area contributed by atoms with Crippen LogP contribution in [0.25, 0.3) is 11.1 Å². The van der Waals surface area contributed by atoms with Gasteiger partial charge in [-0.05, 0) is 49.2 Å². The topological polar surface area (TPSA) is 58.8 Å². The number of carbonyl (C=O) groups is 1. The highest BCUT2D eigenvalue weighted by atomic mass is 79.9. The maximum atomic E-state index is 13.5. The molecule has 3 fully saturated rings. The lowest BCUT2D eigenvalue weighted by Gasteiger charge is -2.55. The van der Waals surface area contributed by atoms with E-state index in [4.69, 9.17) is 20.8 Å². The number of ether oxygens (including phenoxy) is 1. The minimum absolute atomic E-state index is 0.0139. The number of oxazole rings is 1. The number of nitrogens with zero attached hydrogens (tertiary/aromatic N) is 3. The molecule has 2 bridgehead atoms. The van der Waals surface area contributed by atoms with E-state index in [0.717, 1.165) is 12.5 Å². The fourth-order valence-corrected chi connectivity index (χ4v) is 4.72. The average molecular weight is 497 g/mol. The number of amides is 1. The molecule has 3 saturated heterocycles. The SMILES string of the molecule is CC(C)(C)OC(=O)N1C2CC1CN(c1nc3c(C(F)(F)F)c(Cl)cc(Br)c3o1)C2. The number of halogens is 5. The van der Waals surface area contributed by atoms with Crippen LogP contribution < -0.4 is 4.90 Å². The molecular formula is C18H18BrClF3N3O3.